The number of carbonyl (C=O) groups is 6. The van der Waals surface area contributed by atoms with E-state index in [0.29, 0.717) is 14.7 Å². The van der Waals surface area contributed by atoms with Gasteiger partial charge in [0.2, 0.25) is 35.4 Å². The summed E-state index contributed by atoms with van der Waals surface area (Å²) in [6, 6.07) is 0.827. The quantitative estimate of drug-likeness (QED) is 0.0929. The number of nitrogens with zero attached hydrogens (tertiary/aromatic N) is 3. The molecule has 27 nitrogen and oxygen atoms in total. The predicted octanol–water partition coefficient (Wildman–Crippen LogP) is -8.30. The summed E-state index contributed by atoms with van der Waals surface area (Å²) in [5.41, 5.74) is 13.0. The molecule has 6 rings (SSSR count). The third kappa shape index (κ3) is 12.1. The van der Waals surface area contributed by atoms with E-state index in [9.17, 15) is 69.6 Å². The van der Waals surface area contributed by atoms with Crippen molar-refractivity contribution in [3.05, 3.63) is 63.2 Å². The van der Waals surface area contributed by atoms with E-state index in [2.05, 4.69) is 47.2 Å². The number of benzene rings is 2. The number of ether oxygens (including phenoxy) is 1. The highest BCUT2D eigenvalue weighted by atomic mass is 127. The van der Waals surface area contributed by atoms with Gasteiger partial charge in [0.15, 0.2) is 18.1 Å². The second-order valence-corrected chi connectivity index (χ2v) is 18.2. The van der Waals surface area contributed by atoms with Crippen molar-refractivity contribution in [2.45, 2.75) is 104 Å². The Labute approximate surface area is 412 Å². The van der Waals surface area contributed by atoms with Crippen molar-refractivity contribution in [3.8, 4) is 5.75 Å². The topological polar surface area (TPSA) is 438 Å². The molecule has 19 N–H and O–H groups in total. The monoisotopic (exact) mass is 1100 g/mol. The van der Waals surface area contributed by atoms with Crippen LogP contribution in [0, 0.1) is 3.57 Å². The van der Waals surface area contributed by atoms with Gasteiger partial charge in [-0.05, 0) is 45.9 Å². The number of amides is 6. The van der Waals surface area contributed by atoms with Gasteiger partial charge >= 0.3 is 0 Å². The van der Waals surface area contributed by atoms with E-state index in [4.69, 9.17) is 16.2 Å². The van der Waals surface area contributed by atoms with E-state index in [1.165, 1.54) is 18.2 Å². The van der Waals surface area contributed by atoms with E-state index in [0.717, 1.165) is 4.90 Å². The molecule has 2 fully saturated rings. The van der Waals surface area contributed by atoms with Crippen LogP contribution in [0.1, 0.15) is 24.0 Å². The lowest BCUT2D eigenvalue weighted by molar-refractivity contribution is -0.260. The number of guanidine groups is 2. The summed E-state index contributed by atoms with van der Waals surface area (Å²) < 4.78 is 6.03. The minimum atomic E-state index is -2.26. The molecular formula is C42H57IN12O15. The smallest absolute Gasteiger partial charge is 0.246 e. The van der Waals surface area contributed by atoms with Gasteiger partial charge in [0.25, 0.3) is 0 Å². The second-order valence-electron chi connectivity index (χ2n) is 17.1. The molecule has 15 atom stereocenters. The molecule has 0 saturated carbocycles. The van der Waals surface area contributed by atoms with Crippen LogP contribution in [-0.2, 0) is 39.9 Å². The molecule has 28 heteroatoms. The van der Waals surface area contributed by atoms with Crippen molar-refractivity contribution in [2.75, 3.05) is 32.8 Å². The van der Waals surface area contributed by atoms with Gasteiger partial charge in [-0.25, -0.2) is 0 Å². The summed E-state index contributed by atoms with van der Waals surface area (Å²) in [7, 11) is 0. The van der Waals surface area contributed by atoms with E-state index in [1.807, 2.05) is 22.6 Å². The third-order valence-electron chi connectivity index (χ3n) is 12.4. The molecular weight excluding hydrogens is 1040 g/mol. The fourth-order valence-electron chi connectivity index (χ4n) is 8.39. The molecule has 0 radical (unpaired) electrons. The molecule has 4 aliphatic rings. The lowest BCUT2D eigenvalue weighted by Crippen LogP contribution is -2.70. The minimum absolute atomic E-state index is 0.0891. The molecule has 6 amide bonds. The lowest BCUT2D eigenvalue weighted by Gasteiger charge is -2.46. The highest BCUT2D eigenvalue weighted by molar-refractivity contribution is 14.1. The molecule has 0 bridgehead atoms. The molecule has 0 spiro atoms. The van der Waals surface area contributed by atoms with E-state index >= 15 is 0 Å². The number of aromatic hydroxyl groups is 1. The summed E-state index contributed by atoms with van der Waals surface area (Å²) >= 11 is 1.85. The summed E-state index contributed by atoms with van der Waals surface area (Å²) in [4.78, 5) is 94.4. The summed E-state index contributed by atoms with van der Waals surface area (Å²) in [5, 5.41) is 104. The maximum atomic E-state index is 14.7. The number of aliphatic hydroxyl groups excluding tert-OH is 7. The van der Waals surface area contributed by atoms with Gasteiger partial charge < -0.3 is 99.2 Å². The van der Waals surface area contributed by atoms with Crippen LogP contribution in [0.2, 0.25) is 0 Å². The van der Waals surface area contributed by atoms with Crippen LogP contribution in [-0.4, -0.2) is 211 Å². The van der Waals surface area contributed by atoms with Gasteiger partial charge in [-0.2, -0.15) is 0 Å². The summed E-state index contributed by atoms with van der Waals surface area (Å²) in [6.07, 6.45) is -13.4. The standard InChI is InChI=1S/C42H57IN12O15/c1-16(18-5-3-2-4-6-18)27-37(67)49-20(10-17-7-8-24(58)19(43)9-17)36(66)53-28(30(60)21-11-47-41(44)51-21)39(69)54-29(38(68)50-22(14-56)35(65)46-13-26(59)52-27)31(61)23-12-48-42(45)55(23)40-34(64)33(63)32(62)25(15-57)70-40/h2-9,16,20-23,25,27-34,40,56-58,60-64H,10-15H2,1H3,(H2,45,48)(H,46,65)(H,49,67)(H,50,68)(H,52,59)(H,53,66)(H,54,69)(H3,44,47,51)/t16?,20-,21?,22+,23?,25-,27+,28+,29-,30?,31?,32-,33+,34+,40+/m1/s1. The van der Waals surface area contributed by atoms with E-state index in [-0.39, 0.29) is 24.7 Å². The van der Waals surface area contributed by atoms with Crippen molar-refractivity contribution in [3.63, 3.8) is 0 Å². The number of aliphatic imine (C=N–C) groups is 2. The Morgan fingerprint density at radius 2 is 1.39 bits per heavy atom. The average molecular weight is 1100 g/mol. The third-order valence-corrected chi connectivity index (χ3v) is 13.3. The van der Waals surface area contributed by atoms with Crippen molar-refractivity contribution in [1.29, 1.82) is 0 Å². The number of nitrogens with two attached hydrogens (primary N) is 2. The molecule has 4 heterocycles. The van der Waals surface area contributed by atoms with Crippen LogP contribution in [0.15, 0.2) is 58.5 Å². The zero-order valence-corrected chi connectivity index (χ0v) is 39.5. The zero-order chi connectivity index (χ0) is 51.1. The zero-order valence-electron chi connectivity index (χ0n) is 37.3. The number of aliphatic hydroxyl groups is 7. The Morgan fingerprint density at radius 3 is 2.03 bits per heavy atom. The largest absolute Gasteiger partial charge is 0.507 e. The summed E-state index contributed by atoms with van der Waals surface area (Å²) in [5.74, 6) is -8.26. The van der Waals surface area contributed by atoms with E-state index in [1.54, 1.807) is 37.3 Å². The van der Waals surface area contributed by atoms with Gasteiger partial charge in [0.05, 0.1) is 48.5 Å². The maximum absolute atomic E-state index is 14.7. The first-order valence-electron chi connectivity index (χ1n) is 22.0. The van der Waals surface area contributed by atoms with Crippen molar-refractivity contribution in [1.82, 2.24) is 42.1 Å². The van der Waals surface area contributed by atoms with Crippen molar-refractivity contribution < 1.29 is 74.4 Å². The molecule has 70 heavy (non-hydrogen) atoms. The van der Waals surface area contributed by atoms with Gasteiger partial charge in [0.1, 0.15) is 72.6 Å². The first kappa shape index (κ1) is 53.4. The molecule has 2 aromatic carbocycles. The average Bonchev–Trinajstić information content (AvgIpc) is 3.96. The maximum Gasteiger partial charge on any atom is 0.246 e. The van der Waals surface area contributed by atoms with Crippen LogP contribution in [0.4, 0.5) is 0 Å². The van der Waals surface area contributed by atoms with Gasteiger partial charge in [-0.3, -0.25) is 38.8 Å². The fraction of sp³-hybridized carbons (Fsp3) is 0.524. The highest BCUT2D eigenvalue weighted by Crippen LogP contribution is 2.29. The van der Waals surface area contributed by atoms with Crippen molar-refractivity contribution >= 4 is 70.0 Å². The Morgan fingerprint density at radius 1 is 0.743 bits per heavy atom. The first-order valence-corrected chi connectivity index (χ1v) is 23.1. The van der Waals surface area contributed by atoms with E-state index < -0.39 is 159 Å². The number of hydrogen-bond acceptors (Lipinski definition) is 21. The predicted molar refractivity (Wildman–Crippen MR) is 250 cm³/mol. The van der Waals surface area contributed by atoms with Crippen LogP contribution in [0.25, 0.3) is 0 Å². The first-order chi connectivity index (χ1) is 33.2. The second kappa shape index (κ2) is 23.3. The highest BCUT2D eigenvalue weighted by Gasteiger charge is 2.52. The number of phenols is 1. The Balaban J connectivity index is 1.42. The molecule has 2 aromatic rings. The Hall–Kier alpha value is -5.99. The molecule has 0 aliphatic carbocycles. The van der Waals surface area contributed by atoms with Crippen LogP contribution in [0.5, 0.6) is 5.75 Å². The SMILES string of the molecule is CC(c1ccccc1)[C@@H]1NC(=O)CNC(=O)[C@H](CO)NC(=O)[C@@H](C(O)C2CN=C(N)N2[C@H]2O[C@H](CO)[C@@H](O)[C@H](O)[C@@H]2O)NC(=O)[C@H](C(O)C2CN=C(N)N2)NC(=O)[C@@H](Cc2ccc(O)c(I)c2)NC1=O. The van der Waals surface area contributed by atoms with Crippen LogP contribution in [0.3, 0.4) is 0 Å². The Bertz CT molecular complexity index is 2320. The molecule has 0 aromatic heterocycles. The number of carbonyl (C=O) groups excluding carboxylic acids is 6. The summed E-state index contributed by atoms with van der Waals surface area (Å²) in [6.45, 7) is -1.89. The molecule has 4 aliphatic heterocycles. The van der Waals surface area contributed by atoms with Crippen molar-refractivity contribution in [2.24, 2.45) is 21.5 Å². The van der Waals surface area contributed by atoms with Crippen LogP contribution < -0.4 is 48.7 Å². The van der Waals surface area contributed by atoms with Gasteiger partial charge in [-0.15, -0.1) is 0 Å². The van der Waals surface area contributed by atoms with Gasteiger partial charge in [0, 0.05) is 12.3 Å². The minimum Gasteiger partial charge on any atom is -0.507 e. The number of phenolic OH excluding ortho intramolecular Hbond substituents is 1. The number of rotatable bonds is 11. The molecule has 2 saturated heterocycles. The number of hydrogen-bond donors (Lipinski definition) is 17. The Kier molecular flexibility index (Phi) is 17.7. The lowest BCUT2D eigenvalue weighted by atomic mass is 9.92. The molecule has 382 valence electrons. The number of halogens is 1. The number of nitrogens with one attached hydrogen (secondary N) is 7. The van der Waals surface area contributed by atoms with Crippen LogP contribution >= 0.6 is 22.6 Å². The molecule has 5 unspecified atom stereocenters. The normalized spacial score (nSPS) is 32.0. The van der Waals surface area contributed by atoms with Gasteiger partial charge in [-0.1, -0.05) is 43.3 Å². The fourth-order valence-corrected chi connectivity index (χ4v) is 8.97.